The lowest BCUT2D eigenvalue weighted by atomic mass is 9.90. The summed E-state index contributed by atoms with van der Waals surface area (Å²) < 4.78 is 1.75. The van der Waals surface area contributed by atoms with Crippen molar-refractivity contribution < 1.29 is 0 Å². The number of benzene rings is 1. The van der Waals surface area contributed by atoms with Crippen molar-refractivity contribution in [1.29, 1.82) is 0 Å². The van der Waals surface area contributed by atoms with Gasteiger partial charge in [0.2, 0.25) is 0 Å². The van der Waals surface area contributed by atoms with Crippen molar-refractivity contribution in [2.24, 2.45) is 13.0 Å². The molecule has 0 radical (unpaired) electrons. The van der Waals surface area contributed by atoms with Gasteiger partial charge in [-0.2, -0.15) is 5.10 Å². The highest BCUT2D eigenvalue weighted by atomic mass is 35.5. The summed E-state index contributed by atoms with van der Waals surface area (Å²) in [5.74, 6) is 0.413. The van der Waals surface area contributed by atoms with Crippen LogP contribution in [0.1, 0.15) is 40.6 Å². The van der Waals surface area contributed by atoms with E-state index in [0.717, 1.165) is 35.7 Å². The van der Waals surface area contributed by atoms with Gasteiger partial charge in [-0.15, -0.1) is 11.6 Å². The third-order valence-corrected chi connectivity index (χ3v) is 5.59. The normalized spacial score (nSPS) is 21.9. The van der Waals surface area contributed by atoms with Crippen molar-refractivity contribution in [3.8, 4) is 0 Å². The molecule has 0 aliphatic heterocycles. The van der Waals surface area contributed by atoms with E-state index in [1.54, 1.807) is 4.68 Å². The topological polar surface area (TPSA) is 17.8 Å². The highest BCUT2D eigenvalue weighted by Gasteiger charge is 2.28. The average molecular weight is 323 g/mol. The maximum absolute atomic E-state index is 6.81. The van der Waals surface area contributed by atoms with Crippen LogP contribution in [0.2, 0.25) is 5.15 Å². The molecule has 4 heteroatoms. The fourth-order valence-corrected chi connectivity index (χ4v) is 4.04. The first-order chi connectivity index (χ1) is 10.1. The monoisotopic (exact) mass is 322 g/mol. The molecule has 1 aromatic carbocycles. The number of hydrogen-bond acceptors (Lipinski definition) is 1. The standard InChI is InChI=1S/C17H20Cl2N2/c1-11-15(17(19)21(2)20-11)10-13-8-5-7-12-6-3-4-9-14(12)16(13)18/h3-4,6,9,13,16H,5,7-8,10H2,1-2H3. The Morgan fingerprint density at radius 3 is 2.81 bits per heavy atom. The van der Waals surface area contributed by atoms with Crippen LogP contribution < -0.4 is 0 Å². The third-order valence-electron chi connectivity index (χ3n) is 4.52. The summed E-state index contributed by atoms with van der Waals surface area (Å²) in [5, 5.41) is 5.21. The van der Waals surface area contributed by atoms with Crippen LogP contribution in [0, 0.1) is 12.8 Å². The predicted octanol–water partition coefficient (Wildman–Crippen LogP) is 4.86. The summed E-state index contributed by atoms with van der Waals surface area (Å²) in [6.07, 6.45) is 4.34. The molecule has 1 aliphatic carbocycles. The second-order valence-electron chi connectivity index (χ2n) is 5.94. The van der Waals surface area contributed by atoms with Crippen LogP contribution in [0.15, 0.2) is 24.3 Å². The van der Waals surface area contributed by atoms with E-state index in [4.69, 9.17) is 23.2 Å². The lowest BCUT2D eigenvalue weighted by Gasteiger charge is -2.21. The molecule has 0 saturated heterocycles. The van der Waals surface area contributed by atoms with Gasteiger partial charge in [0, 0.05) is 12.6 Å². The first kappa shape index (κ1) is 14.9. The van der Waals surface area contributed by atoms with Gasteiger partial charge in [-0.05, 0) is 49.7 Å². The van der Waals surface area contributed by atoms with Crippen LogP contribution in [-0.4, -0.2) is 9.78 Å². The van der Waals surface area contributed by atoms with Crippen molar-refractivity contribution in [2.75, 3.05) is 0 Å². The number of alkyl halides is 1. The quantitative estimate of drug-likeness (QED) is 0.570. The van der Waals surface area contributed by atoms with Gasteiger partial charge in [-0.1, -0.05) is 35.9 Å². The number of fused-ring (bicyclic) bond motifs is 1. The molecule has 0 spiro atoms. The Kier molecular flexibility index (Phi) is 4.28. The molecular formula is C17H20Cl2N2. The Morgan fingerprint density at radius 1 is 1.33 bits per heavy atom. The zero-order valence-electron chi connectivity index (χ0n) is 12.4. The third kappa shape index (κ3) is 2.84. The molecule has 0 amide bonds. The number of aryl methyl sites for hydroxylation is 3. The van der Waals surface area contributed by atoms with Gasteiger partial charge < -0.3 is 0 Å². The van der Waals surface area contributed by atoms with Crippen LogP contribution in [0.3, 0.4) is 0 Å². The van der Waals surface area contributed by atoms with Gasteiger partial charge in [-0.25, -0.2) is 0 Å². The number of hydrogen-bond donors (Lipinski definition) is 0. The molecular weight excluding hydrogens is 303 g/mol. The van der Waals surface area contributed by atoms with Gasteiger partial charge in [0.25, 0.3) is 0 Å². The van der Waals surface area contributed by atoms with E-state index in [2.05, 4.69) is 29.4 Å². The summed E-state index contributed by atoms with van der Waals surface area (Å²) in [6, 6.07) is 8.56. The minimum absolute atomic E-state index is 0.0550. The van der Waals surface area contributed by atoms with Crippen LogP contribution in [0.4, 0.5) is 0 Å². The summed E-state index contributed by atoms with van der Waals surface area (Å²) in [6.45, 7) is 2.02. The van der Waals surface area contributed by atoms with Crippen molar-refractivity contribution in [3.05, 3.63) is 51.8 Å². The average Bonchev–Trinajstić information content (AvgIpc) is 2.63. The van der Waals surface area contributed by atoms with E-state index < -0.39 is 0 Å². The predicted molar refractivity (Wildman–Crippen MR) is 88.1 cm³/mol. The molecule has 21 heavy (non-hydrogen) atoms. The fourth-order valence-electron chi connectivity index (χ4n) is 3.36. The Bertz CT molecular complexity index is 648. The zero-order valence-corrected chi connectivity index (χ0v) is 14.0. The van der Waals surface area contributed by atoms with Gasteiger partial charge in [0.1, 0.15) is 5.15 Å². The number of halogens is 2. The number of aromatic nitrogens is 2. The van der Waals surface area contributed by atoms with E-state index in [1.807, 2.05) is 14.0 Å². The molecule has 0 N–H and O–H groups in total. The molecule has 0 saturated carbocycles. The minimum Gasteiger partial charge on any atom is -0.257 e. The van der Waals surface area contributed by atoms with Gasteiger partial charge in [-0.3, -0.25) is 4.68 Å². The molecule has 1 heterocycles. The first-order valence-corrected chi connectivity index (χ1v) is 8.29. The zero-order chi connectivity index (χ0) is 15.0. The molecule has 1 aliphatic rings. The minimum atomic E-state index is 0.0550. The highest BCUT2D eigenvalue weighted by molar-refractivity contribution is 6.30. The van der Waals surface area contributed by atoms with Crippen LogP contribution in [0.25, 0.3) is 0 Å². The smallest absolute Gasteiger partial charge is 0.130 e. The number of nitrogens with zero attached hydrogens (tertiary/aromatic N) is 2. The van der Waals surface area contributed by atoms with E-state index >= 15 is 0 Å². The second-order valence-corrected chi connectivity index (χ2v) is 6.76. The van der Waals surface area contributed by atoms with Crippen molar-refractivity contribution in [1.82, 2.24) is 9.78 Å². The van der Waals surface area contributed by atoms with Gasteiger partial charge >= 0.3 is 0 Å². The summed E-state index contributed by atoms with van der Waals surface area (Å²) in [5.41, 5.74) is 4.85. The molecule has 112 valence electrons. The molecule has 2 nitrogen and oxygen atoms in total. The van der Waals surface area contributed by atoms with E-state index in [1.165, 1.54) is 17.5 Å². The molecule has 0 bridgehead atoms. The summed E-state index contributed by atoms with van der Waals surface area (Å²) >= 11 is 13.2. The molecule has 1 aromatic heterocycles. The molecule has 0 fully saturated rings. The van der Waals surface area contributed by atoms with Crippen molar-refractivity contribution in [3.63, 3.8) is 0 Å². The SMILES string of the molecule is Cc1nn(C)c(Cl)c1CC1CCCc2ccccc2C1Cl. The maximum Gasteiger partial charge on any atom is 0.130 e. The summed E-state index contributed by atoms with van der Waals surface area (Å²) in [4.78, 5) is 0. The summed E-state index contributed by atoms with van der Waals surface area (Å²) in [7, 11) is 1.89. The van der Waals surface area contributed by atoms with Crippen LogP contribution in [0.5, 0.6) is 0 Å². The largest absolute Gasteiger partial charge is 0.257 e. The van der Waals surface area contributed by atoms with E-state index in [9.17, 15) is 0 Å². The Labute approximate surface area is 136 Å². The Balaban J connectivity index is 1.89. The molecule has 3 rings (SSSR count). The lowest BCUT2D eigenvalue weighted by Crippen LogP contribution is -2.11. The molecule has 2 atom stereocenters. The Morgan fingerprint density at radius 2 is 2.10 bits per heavy atom. The first-order valence-electron chi connectivity index (χ1n) is 7.47. The van der Waals surface area contributed by atoms with Crippen LogP contribution >= 0.6 is 23.2 Å². The van der Waals surface area contributed by atoms with E-state index in [0.29, 0.717) is 5.92 Å². The van der Waals surface area contributed by atoms with E-state index in [-0.39, 0.29) is 5.38 Å². The molecule has 2 unspecified atom stereocenters. The van der Waals surface area contributed by atoms with Crippen molar-refractivity contribution >= 4 is 23.2 Å². The van der Waals surface area contributed by atoms with Crippen LogP contribution in [-0.2, 0) is 19.9 Å². The van der Waals surface area contributed by atoms with Crippen molar-refractivity contribution in [2.45, 2.75) is 38.0 Å². The van der Waals surface area contributed by atoms with Gasteiger partial charge in [0.05, 0.1) is 11.1 Å². The highest BCUT2D eigenvalue weighted by Crippen LogP contribution is 2.40. The fraction of sp³-hybridized carbons (Fsp3) is 0.471. The van der Waals surface area contributed by atoms with Gasteiger partial charge in [0.15, 0.2) is 0 Å². The second kappa shape index (κ2) is 6.02. The Hall–Kier alpha value is -0.990. The molecule has 2 aromatic rings. The maximum atomic E-state index is 6.81. The lowest BCUT2D eigenvalue weighted by molar-refractivity contribution is 0.464. The number of rotatable bonds is 2.